The van der Waals surface area contributed by atoms with Crippen LogP contribution in [-0.2, 0) is 14.1 Å². The number of nitrogen functional groups attached to an aromatic ring is 1. The normalized spacial score (nSPS) is 11.7. The molecular weight excluding hydrogens is 250 g/mol. The lowest BCUT2D eigenvalue weighted by Gasteiger charge is -2.04. The fourth-order valence-corrected chi connectivity index (χ4v) is 2.52. The molecule has 3 rings (SSSR count). The van der Waals surface area contributed by atoms with E-state index in [9.17, 15) is 0 Å². The summed E-state index contributed by atoms with van der Waals surface area (Å²) in [6.07, 6.45) is 0. The Hall–Kier alpha value is -2.30. The second-order valence-electron chi connectivity index (χ2n) is 5.47. The van der Waals surface area contributed by atoms with Crippen LogP contribution in [0.25, 0.3) is 22.3 Å². The molecule has 1 aromatic carbocycles. The van der Waals surface area contributed by atoms with Gasteiger partial charge in [-0.3, -0.25) is 4.68 Å². The minimum atomic E-state index is 0.404. The largest absolute Gasteiger partial charge is 0.384 e. The molecule has 2 aromatic heterocycles. The van der Waals surface area contributed by atoms with Crippen molar-refractivity contribution in [2.24, 2.45) is 14.1 Å². The number of nitrogens with two attached hydrogens (primary N) is 1. The Labute approximate surface area is 118 Å². The summed E-state index contributed by atoms with van der Waals surface area (Å²) in [5.41, 5.74) is 9.90. The highest BCUT2D eigenvalue weighted by atomic mass is 15.3. The van der Waals surface area contributed by atoms with Gasteiger partial charge in [-0.05, 0) is 12.1 Å². The lowest BCUT2D eigenvalue weighted by Crippen LogP contribution is -1.99. The molecule has 0 aliphatic carbocycles. The molecule has 0 aliphatic rings. The number of fused-ring (bicyclic) bond motifs is 1. The number of rotatable bonds is 2. The molecule has 2 heterocycles. The van der Waals surface area contributed by atoms with Crippen LogP contribution in [0.4, 0.5) is 5.82 Å². The van der Waals surface area contributed by atoms with E-state index >= 15 is 0 Å². The number of benzene rings is 1. The monoisotopic (exact) mass is 269 g/mol. The molecule has 0 fully saturated rings. The molecule has 3 aromatic rings. The molecule has 0 atom stereocenters. The molecule has 0 radical (unpaired) electrons. The average Bonchev–Trinajstić information content (AvgIpc) is 2.91. The summed E-state index contributed by atoms with van der Waals surface area (Å²) < 4.78 is 3.83. The molecule has 0 amide bonds. The number of aromatic nitrogens is 4. The molecule has 0 saturated carbocycles. The van der Waals surface area contributed by atoms with Crippen molar-refractivity contribution >= 4 is 16.9 Å². The van der Waals surface area contributed by atoms with Gasteiger partial charge in [-0.1, -0.05) is 19.9 Å². The number of imidazole rings is 1. The SMILES string of the molecule is CC(C)c1nc2cc(-c3cc(N)n(C)n3)ccc2n1C. The highest BCUT2D eigenvalue weighted by Crippen LogP contribution is 2.26. The second kappa shape index (κ2) is 4.37. The predicted octanol–water partition coefficient (Wildman–Crippen LogP) is 2.68. The van der Waals surface area contributed by atoms with Gasteiger partial charge in [0.1, 0.15) is 11.6 Å². The van der Waals surface area contributed by atoms with Crippen molar-refractivity contribution in [1.82, 2.24) is 19.3 Å². The van der Waals surface area contributed by atoms with Crippen molar-refractivity contribution in [2.75, 3.05) is 5.73 Å². The summed E-state index contributed by atoms with van der Waals surface area (Å²) in [7, 11) is 3.90. The topological polar surface area (TPSA) is 61.7 Å². The lowest BCUT2D eigenvalue weighted by molar-refractivity contribution is 0.722. The van der Waals surface area contributed by atoms with Crippen molar-refractivity contribution < 1.29 is 0 Å². The van der Waals surface area contributed by atoms with Gasteiger partial charge in [-0.2, -0.15) is 5.10 Å². The third kappa shape index (κ3) is 1.86. The van der Waals surface area contributed by atoms with Crippen LogP contribution in [0.3, 0.4) is 0 Å². The predicted molar refractivity (Wildman–Crippen MR) is 81.4 cm³/mol. The molecule has 20 heavy (non-hydrogen) atoms. The summed E-state index contributed by atoms with van der Waals surface area (Å²) in [4.78, 5) is 4.72. The maximum Gasteiger partial charge on any atom is 0.121 e. The van der Waals surface area contributed by atoms with Crippen molar-refractivity contribution in [2.45, 2.75) is 19.8 Å². The van der Waals surface area contributed by atoms with E-state index in [0.717, 1.165) is 28.1 Å². The van der Waals surface area contributed by atoms with Gasteiger partial charge in [0.2, 0.25) is 0 Å². The van der Waals surface area contributed by atoms with Crippen LogP contribution in [0, 0.1) is 0 Å². The van der Waals surface area contributed by atoms with Gasteiger partial charge >= 0.3 is 0 Å². The third-order valence-corrected chi connectivity index (χ3v) is 3.64. The highest BCUT2D eigenvalue weighted by molar-refractivity contribution is 5.82. The van der Waals surface area contributed by atoms with Gasteiger partial charge in [0.05, 0.1) is 16.7 Å². The Bertz CT molecular complexity index is 760. The van der Waals surface area contributed by atoms with E-state index < -0.39 is 0 Å². The van der Waals surface area contributed by atoms with Gasteiger partial charge in [0.25, 0.3) is 0 Å². The number of nitrogens with zero attached hydrogens (tertiary/aromatic N) is 4. The zero-order valence-corrected chi connectivity index (χ0v) is 12.3. The highest BCUT2D eigenvalue weighted by Gasteiger charge is 2.12. The molecule has 0 aliphatic heterocycles. The summed E-state index contributed by atoms with van der Waals surface area (Å²) in [6, 6.07) is 8.11. The first-order valence-electron chi connectivity index (χ1n) is 6.73. The molecule has 2 N–H and O–H groups in total. The molecule has 104 valence electrons. The summed E-state index contributed by atoms with van der Waals surface area (Å²) in [5.74, 6) is 2.16. The van der Waals surface area contributed by atoms with Gasteiger partial charge in [0, 0.05) is 31.6 Å². The zero-order chi connectivity index (χ0) is 14.4. The number of aryl methyl sites for hydroxylation is 2. The van der Waals surface area contributed by atoms with Crippen LogP contribution in [-0.4, -0.2) is 19.3 Å². The van der Waals surface area contributed by atoms with Crippen molar-refractivity contribution in [3.63, 3.8) is 0 Å². The van der Waals surface area contributed by atoms with Crippen LogP contribution < -0.4 is 5.73 Å². The number of anilines is 1. The maximum absolute atomic E-state index is 5.84. The Morgan fingerprint density at radius 2 is 1.90 bits per heavy atom. The van der Waals surface area contributed by atoms with E-state index in [4.69, 9.17) is 10.7 Å². The van der Waals surface area contributed by atoms with Crippen LogP contribution >= 0.6 is 0 Å². The van der Waals surface area contributed by atoms with E-state index in [1.54, 1.807) is 4.68 Å². The average molecular weight is 269 g/mol. The minimum absolute atomic E-state index is 0.404. The first kappa shape index (κ1) is 12.7. The van der Waals surface area contributed by atoms with E-state index in [2.05, 4.69) is 48.8 Å². The van der Waals surface area contributed by atoms with Crippen molar-refractivity contribution in [3.05, 3.63) is 30.1 Å². The second-order valence-corrected chi connectivity index (χ2v) is 5.47. The standard InChI is InChI=1S/C15H19N5/c1-9(2)15-17-12-7-10(5-6-13(12)19(15)3)11-8-14(16)20(4)18-11/h5-9H,16H2,1-4H3. The van der Waals surface area contributed by atoms with Crippen molar-refractivity contribution in [1.29, 1.82) is 0 Å². The Morgan fingerprint density at radius 3 is 2.50 bits per heavy atom. The van der Waals surface area contributed by atoms with E-state index in [0.29, 0.717) is 11.7 Å². The molecule has 5 nitrogen and oxygen atoms in total. The quantitative estimate of drug-likeness (QED) is 0.778. The molecule has 5 heteroatoms. The minimum Gasteiger partial charge on any atom is -0.384 e. The lowest BCUT2D eigenvalue weighted by atomic mass is 10.1. The van der Waals surface area contributed by atoms with E-state index in [1.165, 1.54) is 0 Å². The van der Waals surface area contributed by atoms with Gasteiger partial charge in [-0.15, -0.1) is 0 Å². The van der Waals surface area contributed by atoms with Crippen molar-refractivity contribution in [3.8, 4) is 11.3 Å². The summed E-state index contributed by atoms with van der Waals surface area (Å²) in [6.45, 7) is 4.31. The Balaban J connectivity index is 2.15. The Kier molecular flexibility index (Phi) is 2.78. The summed E-state index contributed by atoms with van der Waals surface area (Å²) in [5, 5.41) is 4.41. The van der Waals surface area contributed by atoms with Crippen LogP contribution in [0.5, 0.6) is 0 Å². The van der Waals surface area contributed by atoms with Crippen LogP contribution in [0.15, 0.2) is 24.3 Å². The smallest absolute Gasteiger partial charge is 0.121 e. The molecule has 0 bridgehead atoms. The third-order valence-electron chi connectivity index (χ3n) is 3.64. The zero-order valence-electron chi connectivity index (χ0n) is 12.3. The number of hydrogen-bond donors (Lipinski definition) is 1. The van der Waals surface area contributed by atoms with Crippen LogP contribution in [0.1, 0.15) is 25.6 Å². The van der Waals surface area contributed by atoms with Gasteiger partial charge in [-0.25, -0.2) is 4.98 Å². The molecule has 0 saturated heterocycles. The molecule has 0 spiro atoms. The van der Waals surface area contributed by atoms with Gasteiger partial charge < -0.3 is 10.3 Å². The van der Waals surface area contributed by atoms with E-state index in [-0.39, 0.29) is 0 Å². The summed E-state index contributed by atoms with van der Waals surface area (Å²) >= 11 is 0. The molecular formula is C15H19N5. The fourth-order valence-electron chi connectivity index (χ4n) is 2.52. The first-order chi connectivity index (χ1) is 9.47. The number of hydrogen-bond acceptors (Lipinski definition) is 3. The van der Waals surface area contributed by atoms with Gasteiger partial charge in [0.15, 0.2) is 0 Å². The molecule has 0 unspecified atom stereocenters. The first-order valence-corrected chi connectivity index (χ1v) is 6.73. The maximum atomic E-state index is 5.84. The Morgan fingerprint density at radius 1 is 1.15 bits per heavy atom. The van der Waals surface area contributed by atoms with E-state index in [1.807, 2.05) is 13.1 Å². The van der Waals surface area contributed by atoms with Crippen LogP contribution in [0.2, 0.25) is 0 Å². The fraction of sp³-hybridized carbons (Fsp3) is 0.333.